The van der Waals surface area contributed by atoms with Crippen molar-refractivity contribution in [2.75, 3.05) is 11.5 Å². The Bertz CT molecular complexity index is 310. The van der Waals surface area contributed by atoms with E-state index >= 15 is 0 Å². The summed E-state index contributed by atoms with van der Waals surface area (Å²) < 4.78 is 1.16. The van der Waals surface area contributed by atoms with Gasteiger partial charge in [-0.3, -0.25) is 0 Å². The Balaban J connectivity index is 2.62. The molecule has 6 heteroatoms. The fraction of sp³-hybridized carbons (Fsp3) is 0.667. The third-order valence-corrected chi connectivity index (χ3v) is 2.31. The Morgan fingerprint density at radius 1 is 1.33 bits per heavy atom. The van der Waals surface area contributed by atoms with Gasteiger partial charge in [-0.1, -0.05) is 6.92 Å². The summed E-state index contributed by atoms with van der Waals surface area (Å²) in [5, 5.41) is 4.45. The molecule has 0 aromatic carbocycles. The fourth-order valence-electron chi connectivity index (χ4n) is 0.837. The molecule has 12 heavy (non-hydrogen) atoms. The van der Waals surface area contributed by atoms with Crippen LogP contribution >= 0.6 is 11.8 Å². The monoisotopic (exact) mass is 189 g/mol. The molecule has 1 rings (SSSR count). The van der Waals surface area contributed by atoms with Crippen molar-refractivity contribution in [2.24, 2.45) is 0 Å². The van der Waals surface area contributed by atoms with E-state index in [1.807, 2.05) is 6.92 Å². The Hall–Kier alpha value is -0.910. The normalized spacial score (nSPS) is 10.4. The highest BCUT2D eigenvalue weighted by Gasteiger charge is 2.00. The summed E-state index contributed by atoms with van der Waals surface area (Å²) in [7, 11) is 0. The minimum absolute atomic E-state index is 0.364. The van der Waals surface area contributed by atoms with Crippen LogP contribution in [-0.4, -0.2) is 26.3 Å². The van der Waals surface area contributed by atoms with Crippen molar-refractivity contribution in [3.63, 3.8) is 0 Å². The second-order valence-electron chi connectivity index (χ2n) is 2.21. The molecular weight excluding hydrogens is 178 g/mol. The number of thioether (sulfide) groups is 1. The maximum atomic E-state index is 10.9. The second kappa shape index (κ2) is 4.20. The molecule has 2 N–H and O–H groups in total. The first kappa shape index (κ1) is 9.18. The zero-order chi connectivity index (χ0) is 8.97. The quantitative estimate of drug-likeness (QED) is 0.634. The van der Waals surface area contributed by atoms with Gasteiger partial charge in [-0.2, -0.15) is 11.8 Å². The fourth-order valence-corrected chi connectivity index (χ4v) is 1.44. The second-order valence-corrected chi connectivity index (χ2v) is 3.60. The number of aromatic amines is 2. The summed E-state index contributed by atoms with van der Waals surface area (Å²) in [5.41, 5.74) is -0.728. The van der Waals surface area contributed by atoms with Crippen LogP contribution < -0.4 is 11.4 Å². The molecule has 0 saturated heterocycles. The van der Waals surface area contributed by atoms with E-state index in [1.165, 1.54) is 0 Å². The van der Waals surface area contributed by atoms with Gasteiger partial charge >= 0.3 is 11.4 Å². The average Bonchev–Trinajstić information content (AvgIpc) is 2.35. The van der Waals surface area contributed by atoms with E-state index in [2.05, 4.69) is 10.2 Å². The van der Waals surface area contributed by atoms with Crippen molar-refractivity contribution in [2.45, 2.75) is 13.5 Å². The highest BCUT2D eigenvalue weighted by atomic mass is 32.2. The van der Waals surface area contributed by atoms with Gasteiger partial charge in [0, 0.05) is 12.3 Å². The van der Waals surface area contributed by atoms with Gasteiger partial charge < -0.3 is 0 Å². The first-order valence-corrected chi connectivity index (χ1v) is 4.86. The zero-order valence-corrected chi connectivity index (χ0v) is 7.61. The summed E-state index contributed by atoms with van der Waals surface area (Å²) in [6, 6.07) is 0. The number of hydrogen-bond donors (Lipinski definition) is 2. The molecule has 0 aliphatic heterocycles. The number of nitrogens with one attached hydrogen (secondary N) is 2. The first-order valence-electron chi connectivity index (χ1n) is 3.71. The van der Waals surface area contributed by atoms with Gasteiger partial charge in [-0.05, 0) is 5.75 Å². The third kappa shape index (κ3) is 2.04. The Labute approximate surface area is 73.2 Å². The summed E-state index contributed by atoms with van der Waals surface area (Å²) in [4.78, 5) is 21.8. The maximum Gasteiger partial charge on any atom is 0.344 e. The highest BCUT2D eigenvalue weighted by molar-refractivity contribution is 7.99. The molecule has 5 nitrogen and oxygen atoms in total. The SMILES string of the molecule is CCSCCn1c(=O)[nH][nH]c1=O. The van der Waals surface area contributed by atoms with Gasteiger partial charge in [0.05, 0.1) is 0 Å². The molecule has 0 aliphatic rings. The minimum Gasteiger partial charge on any atom is -0.247 e. The van der Waals surface area contributed by atoms with Crippen molar-refractivity contribution in [1.29, 1.82) is 0 Å². The lowest BCUT2D eigenvalue weighted by atomic mass is 10.7. The molecule has 0 spiro atoms. The molecule has 0 saturated carbocycles. The lowest BCUT2D eigenvalue weighted by molar-refractivity contribution is 0.711. The highest BCUT2D eigenvalue weighted by Crippen LogP contribution is 1.96. The van der Waals surface area contributed by atoms with E-state index in [4.69, 9.17) is 0 Å². The van der Waals surface area contributed by atoms with Gasteiger partial charge in [0.15, 0.2) is 0 Å². The van der Waals surface area contributed by atoms with Crippen LogP contribution in [0, 0.1) is 0 Å². The first-order chi connectivity index (χ1) is 5.75. The minimum atomic E-state index is -0.364. The van der Waals surface area contributed by atoms with Crippen LogP contribution in [0.2, 0.25) is 0 Å². The van der Waals surface area contributed by atoms with Crippen LogP contribution in [0.4, 0.5) is 0 Å². The van der Waals surface area contributed by atoms with Crippen molar-refractivity contribution >= 4 is 11.8 Å². The van der Waals surface area contributed by atoms with Crippen LogP contribution in [-0.2, 0) is 6.54 Å². The number of rotatable bonds is 4. The molecule has 0 bridgehead atoms. The smallest absolute Gasteiger partial charge is 0.247 e. The molecule has 68 valence electrons. The van der Waals surface area contributed by atoms with Crippen molar-refractivity contribution in [1.82, 2.24) is 14.8 Å². The van der Waals surface area contributed by atoms with E-state index in [0.29, 0.717) is 6.54 Å². The largest absolute Gasteiger partial charge is 0.344 e. The molecule has 1 aromatic rings. The van der Waals surface area contributed by atoms with Gasteiger partial charge in [-0.25, -0.2) is 24.4 Å². The number of hydrogen-bond acceptors (Lipinski definition) is 3. The number of aromatic nitrogens is 3. The average molecular weight is 189 g/mol. The maximum absolute atomic E-state index is 10.9. The van der Waals surface area contributed by atoms with E-state index in [9.17, 15) is 9.59 Å². The van der Waals surface area contributed by atoms with E-state index in [1.54, 1.807) is 11.8 Å². The van der Waals surface area contributed by atoms with Crippen LogP contribution in [0.1, 0.15) is 6.92 Å². The van der Waals surface area contributed by atoms with Crippen molar-refractivity contribution in [3.05, 3.63) is 21.0 Å². The number of H-pyrrole nitrogens is 2. The molecule has 0 amide bonds. The lowest BCUT2D eigenvalue weighted by Crippen LogP contribution is -2.27. The van der Waals surface area contributed by atoms with Crippen molar-refractivity contribution in [3.8, 4) is 0 Å². The molecule has 0 radical (unpaired) electrons. The molecule has 0 aliphatic carbocycles. The predicted octanol–water partition coefficient (Wildman–Crippen LogP) is -0.382. The molecule has 0 fully saturated rings. The van der Waals surface area contributed by atoms with E-state index < -0.39 is 0 Å². The molecule has 0 unspecified atom stereocenters. The van der Waals surface area contributed by atoms with Gasteiger partial charge in [0.2, 0.25) is 0 Å². The van der Waals surface area contributed by atoms with Crippen LogP contribution in [0.15, 0.2) is 9.59 Å². The standard InChI is InChI=1S/C6H11N3O2S/c1-2-12-4-3-9-5(10)7-8-6(9)11/h2-4H2,1H3,(H,7,10)(H,8,11). The van der Waals surface area contributed by atoms with Crippen LogP contribution in [0.3, 0.4) is 0 Å². The Morgan fingerprint density at radius 2 is 1.92 bits per heavy atom. The molecule has 1 aromatic heterocycles. The summed E-state index contributed by atoms with van der Waals surface area (Å²) >= 11 is 1.70. The lowest BCUT2D eigenvalue weighted by Gasteiger charge is -1.96. The van der Waals surface area contributed by atoms with Gasteiger partial charge in [0.25, 0.3) is 0 Å². The van der Waals surface area contributed by atoms with Crippen molar-refractivity contribution < 1.29 is 0 Å². The third-order valence-electron chi connectivity index (χ3n) is 1.43. The summed E-state index contributed by atoms with van der Waals surface area (Å²) in [5.74, 6) is 1.79. The molecule has 0 atom stereocenters. The zero-order valence-electron chi connectivity index (χ0n) is 6.79. The molecular formula is C6H11N3O2S. The van der Waals surface area contributed by atoms with E-state index in [0.717, 1.165) is 16.1 Å². The molecule has 1 heterocycles. The number of nitrogens with zero attached hydrogens (tertiary/aromatic N) is 1. The van der Waals surface area contributed by atoms with Gasteiger partial charge in [-0.15, -0.1) is 0 Å². The summed E-state index contributed by atoms with van der Waals surface area (Å²) in [6.45, 7) is 2.50. The van der Waals surface area contributed by atoms with Gasteiger partial charge in [0.1, 0.15) is 0 Å². The topological polar surface area (TPSA) is 70.7 Å². The predicted molar refractivity (Wildman–Crippen MR) is 48.7 cm³/mol. The Kier molecular flexibility index (Phi) is 3.21. The van der Waals surface area contributed by atoms with Crippen LogP contribution in [0.25, 0.3) is 0 Å². The van der Waals surface area contributed by atoms with Crippen LogP contribution in [0.5, 0.6) is 0 Å². The summed E-state index contributed by atoms with van der Waals surface area (Å²) in [6.07, 6.45) is 0. The Morgan fingerprint density at radius 3 is 2.42 bits per heavy atom. The van der Waals surface area contributed by atoms with E-state index in [-0.39, 0.29) is 11.4 Å².